The minimum Gasteiger partial charge on any atom is -0.481 e. The topological polar surface area (TPSA) is 55.1 Å². The van der Waals surface area contributed by atoms with E-state index in [2.05, 4.69) is 4.98 Å². The van der Waals surface area contributed by atoms with Crippen LogP contribution < -0.4 is 0 Å². The van der Waals surface area contributed by atoms with E-state index in [0.29, 0.717) is 15.9 Å². The van der Waals surface area contributed by atoms with Gasteiger partial charge >= 0.3 is 5.97 Å². The van der Waals surface area contributed by atoms with Crippen LogP contribution in [0.1, 0.15) is 25.5 Å². The second kappa shape index (κ2) is 6.49. The van der Waals surface area contributed by atoms with Crippen LogP contribution >= 0.6 is 23.4 Å². The van der Waals surface area contributed by atoms with Crippen LogP contribution in [0, 0.1) is 5.82 Å². The molecule has 0 atom stereocenters. The van der Waals surface area contributed by atoms with E-state index >= 15 is 0 Å². The van der Waals surface area contributed by atoms with Gasteiger partial charge in [-0.2, -0.15) is 0 Å². The van der Waals surface area contributed by atoms with Crippen molar-refractivity contribution in [1.82, 2.24) is 9.55 Å². The summed E-state index contributed by atoms with van der Waals surface area (Å²) in [6, 6.07) is 4.07. The molecular formula is C14H14ClFN2O2S. The summed E-state index contributed by atoms with van der Waals surface area (Å²) in [6.07, 6.45) is 1.66. The molecule has 0 radical (unpaired) electrons. The van der Waals surface area contributed by atoms with E-state index < -0.39 is 11.8 Å². The number of benzene rings is 1. The van der Waals surface area contributed by atoms with E-state index in [1.54, 1.807) is 10.8 Å². The monoisotopic (exact) mass is 328 g/mol. The fourth-order valence-corrected chi connectivity index (χ4v) is 2.80. The number of hydrogen-bond donors (Lipinski definition) is 1. The van der Waals surface area contributed by atoms with Crippen LogP contribution in [-0.2, 0) is 4.79 Å². The Bertz CT molecular complexity index is 673. The molecule has 2 aromatic rings. The first kappa shape index (κ1) is 15.9. The van der Waals surface area contributed by atoms with Crippen molar-refractivity contribution in [3.8, 4) is 5.69 Å². The molecule has 0 fully saturated rings. The number of nitrogens with zero attached hydrogens (tertiary/aromatic N) is 2. The number of thioether (sulfide) groups is 1. The quantitative estimate of drug-likeness (QED) is 0.844. The first-order chi connectivity index (χ1) is 9.90. The third-order valence-corrected chi connectivity index (χ3v) is 4.08. The van der Waals surface area contributed by atoms with Gasteiger partial charge < -0.3 is 5.11 Å². The highest BCUT2D eigenvalue weighted by Gasteiger charge is 2.18. The van der Waals surface area contributed by atoms with Crippen molar-refractivity contribution in [3.63, 3.8) is 0 Å². The summed E-state index contributed by atoms with van der Waals surface area (Å²) in [4.78, 5) is 15.0. The maximum atomic E-state index is 13.5. The van der Waals surface area contributed by atoms with Crippen LogP contribution in [0.2, 0.25) is 5.02 Å². The van der Waals surface area contributed by atoms with E-state index in [0.717, 1.165) is 17.5 Å². The number of carboxylic acid groups (broad SMARTS) is 1. The molecule has 7 heteroatoms. The molecule has 0 amide bonds. The molecule has 2 rings (SSSR count). The van der Waals surface area contributed by atoms with E-state index in [4.69, 9.17) is 16.7 Å². The van der Waals surface area contributed by atoms with E-state index in [9.17, 15) is 9.18 Å². The number of halogens is 2. The summed E-state index contributed by atoms with van der Waals surface area (Å²) < 4.78 is 15.2. The van der Waals surface area contributed by atoms with Crippen LogP contribution in [0.3, 0.4) is 0 Å². The van der Waals surface area contributed by atoms with Crippen molar-refractivity contribution < 1.29 is 14.3 Å². The van der Waals surface area contributed by atoms with E-state index in [1.807, 2.05) is 13.8 Å². The molecule has 0 aliphatic carbocycles. The summed E-state index contributed by atoms with van der Waals surface area (Å²) in [6.45, 7) is 3.96. The zero-order valence-corrected chi connectivity index (χ0v) is 13.1. The van der Waals surface area contributed by atoms with Crippen LogP contribution in [0.4, 0.5) is 4.39 Å². The van der Waals surface area contributed by atoms with E-state index in [-0.39, 0.29) is 11.7 Å². The Balaban J connectivity index is 2.55. The van der Waals surface area contributed by atoms with Gasteiger partial charge in [0.25, 0.3) is 0 Å². The van der Waals surface area contributed by atoms with Crippen molar-refractivity contribution >= 4 is 29.3 Å². The largest absolute Gasteiger partial charge is 0.481 e. The average Bonchev–Trinajstić information content (AvgIpc) is 2.83. The van der Waals surface area contributed by atoms with Crippen molar-refractivity contribution in [3.05, 3.63) is 40.9 Å². The Morgan fingerprint density at radius 2 is 2.24 bits per heavy atom. The van der Waals surface area contributed by atoms with E-state index in [1.165, 1.54) is 18.2 Å². The number of carbonyl (C=O) groups is 1. The lowest BCUT2D eigenvalue weighted by atomic mass is 10.1. The molecule has 4 nitrogen and oxygen atoms in total. The van der Waals surface area contributed by atoms with Gasteiger partial charge in [-0.3, -0.25) is 9.36 Å². The molecule has 0 unspecified atom stereocenters. The molecule has 0 aliphatic heterocycles. The average molecular weight is 329 g/mol. The molecule has 1 aromatic carbocycles. The van der Waals surface area contributed by atoms with Gasteiger partial charge in [0.05, 0.1) is 22.7 Å². The highest BCUT2D eigenvalue weighted by atomic mass is 35.5. The Labute approximate surface area is 130 Å². The lowest BCUT2D eigenvalue weighted by Crippen LogP contribution is -2.06. The first-order valence-corrected chi connectivity index (χ1v) is 7.64. The summed E-state index contributed by atoms with van der Waals surface area (Å²) >= 11 is 7.23. The number of aromatic nitrogens is 2. The van der Waals surface area contributed by atoms with Gasteiger partial charge in [0.2, 0.25) is 0 Å². The summed E-state index contributed by atoms with van der Waals surface area (Å²) in [7, 11) is 0. The number of aliphatic carboxylic acids is 1. The summed E-state index contributed by atoms with van der Waals surface area (Å²) in [5, 5.41) is 9.67. The van der Waals surface area contributed by atoms with Gasteiger partial charge in [0.1, 0.15) is 5.82 Å². The summed E-state index contributed by atoms with van der Waals surface area (Å²) in [5.74, 6) is -1.34. The minimum absolute atomic E-state index is 0.124. The van der Waals surface area contributed by atoms with Gasteiger partial charge in [-0.15, -0.1) is 0 Å². The smallest absolute Gasteiger partial charge is 0.313 e. The molecule has 0 bridgehead atoms. The van der Waals surface area contributed by atoms with Crippen molar-refractivity contribution in [2.75, 3.05) is 5.75 Å². The fraction of sp³-hybridized carbons (Fsp3) is 0.286. The minimum atomic E-state index is -0.939. The van der Waals surface area contributed by atoms with Crippen molar-refractivity contribution in [2.24, 2.45) is 0 Å². The number of imidazole rings is 1. The van der Waals surface area contributed by atoms with Gasteiger partial charge in [-0.05, 0) is 24.1 Å². The zero-order valence-electron chi connectivity index (χ0n) is 11.5. The van der Waals surface area contributed by atoms with Crippen molar-refractivity contribution in [1.29, 1.82) is 0 Å². The molecular weight excluding hydrogens is 315 g/mol. The SMILES string of the molecule is CC(C)c1cnc(SCC(=O)O)n1-c1cc(F)ccc1Cl. The van der Waals surface area contributed by atoms with Crippen LogP contribution in [-0.4, -0.2) is 26.4 Å². The lowest BCUT2D eigenvalue weighted by molar-refractivity contribution is -0.133. The third kappa shape index (κ3) is 3.57. The van der Waals surface area contributed by atoms with Gasteiger partial charge in [-0.25, -0.2) is 9.37 Å². The molecule has 0 aliphatic rings. The zero-order chi connectivity index (χ0) is 15.6. The summed E-state index contributed by atoms with van der Waals surface area (Å²) in [5.41, 5.74) is 1.31. The third-order valence-electron chi connectivity index (χ3n) is 2.82. The molecule has 1 N–H and O–H groups in total. The van der Waals surface area contributed by atoms with Gasteiger partial charge in [0, 0.05) is 5.69 Å². The molecule has 0 saturated carbocycles. The van der Waals surface area contributed by atoms with Gasteiger partial charge in [0.15, 0.2) is 5.16 Å². The van der Waals surface area contributed by atoms with Crippen LogP contribution in [0.5, 0.6) is 0 Å². The normalized spacial score (nSPS) is 11.1. The lowest BCUT2D eigenvalue weighted by Gasteiger charge is -2.15. The Hall–Kier alpha value is -1.53. The van der Waals surface area contributed by atoms with Crippen LogP contribution in [0.15, 0.2) is 29.6 Å². The van der Waals surface area contributed by atoms with Crippen LogP contribution in [0.25, 0.3) is 5.69 Å². The predicted octanol–water partition coefficient (Wildman–Crippen LogP) is 3.96. The number of hydrogen-bond acceptors (Lipinski definition) is 3. The molecule has 112 valence electrons. The predicted molar refractivity (Wildman–Crippen MR) is 81.0 cm³/mol. The second-order valence-corrected chi connectivity index (χ2v) is 6.08. The molecule has 0 spiro atoms. The highest BCUT2D eigenvalue weighted by molar-refractivity contribution is 7.99. The molecule has 1 aromatic heterocycles. The highest BCUT2D eigenvalue weighted by Crippen LogP contribution is 2.31. The second-order valence-electron chi connectivity index (χ2n) is 4.73. The Morgan fingerprint density at radius 3 is 2.86 bits per heavy atom. The fourth-order valence-electron chi connectivity index (χ4n) is 1.88. The van der Waals surface area contributed by atoms with Gasteiger partial charge in [-0.1, -0.05) is 37.2 Å². The standard InChI is InChI=1S/C14H14ClFN2O2S/c1-8(2)12-6-17-14(21-7-13(19)20)18(12)11-5-9(16)3-4-10(11)15/h3-6,8H,7H2,1-2H3,(H,19,20). The first-order valence-electron chi connectivity index (χ1n) is 6.27. The number of carboxylic acids is 1. The van der Waals surface area contributed by atoms with Crippen molar-refractivity contribution in [2.45, 2.75) is 24.9 Å². The molecule has 21 heavy (non-hydrogen) atoms. The molecule has 1 heterocycles. The maximum Gasteiger partial charge on any atom is 0.313 e. The Morgan fingerprint density at radius 1 is 1.52 bits per heavy atom. The Kier molecular flexibility index (Phi) is 4.90. The number of rotatable bonds is 5. The maximum absolute atomic E-state index is 13.5. The molecule has 0 saturated heterocycles.